The minimum atomic E-state index is -6.07. The van der Waals surface area contributed by atoms with E-state index in [-0.39, 0.29) is 0 Å². The first kappa shape index (κ1) is 16.3. The number of allylic oxidation sites excluding steroid dienone is 1. The van der Waals surface area contributed by atoms with Crippen LogP contribution in [0.3, 0.4) is 0 Å². The van der Waals surface area contributed by atoms with Gasteiger partial charge in [0, 0.05) is 5.57 Å². The fraction of sp³-hybridized carbons (Fsp3) is 0.500. The monoisotopic (exact) mass is 280 g/mol. The average Bonchev–Trinajstić information content (AvgIpc) is 2.13. The number of carboxylic acids is 2. The van der Waals surface area contributed by atoms with Crippen LogP contribution in [0.5, 0.6) is 0 Å². The summed E-state index contributed by atoms with van der Waals surface area (Å²) in [5.41, 5.74) is -6.83. The van der Waals surface area contributed by atoms with Crippen molar-refractivity contribution in [1.29, 1.82) is 0 Å². The molecule has 104 valence electrons. The molecule has 0 heterocycles. The smallest absolute Gasteiger partial charge is 0.431 e. The molecule has 0 saturated carbocycles. The molecule has 0 saturated heterocycles. The third-order valence-corrected chi connectivity index (χ3v) is 1.75. The van der Waals surface area contributed by atoms with Crippen LogP contribution in [0.4, 0.5) is 26.3 Å². The molecule has 10 heteroatoms. The minimum absolute atomic E-state index is 0.923. The van der Waals surface area contributed by atoms with E-state index in [1.54, 1.807) is 0 Å². The zero-order valence-electron chi connectivity index (χ0n) is 8.34. The van der Waals surface area contributed by atoms with Crippen LogP contribution in [0.25, 0.3) is 0 Å². The summed E-state index contributed by atoms with van der Waals surface area (Å²) in [6.45, 7) is 0. The van der Waals surface area contributed by atoms with Gasteiger partial charge in [0.25, 0.3) is 12.1 Å². The van der Waals surface area contributed by atoms with Crippen LogP contribution in [0.15, 0.2) is 11.6 Å². The summed E-state index contributed by atoms with van der Waals surface area (Å²) in [4.78, 5) is 20.5. The van der Waals surface area contributed by atoms with E-state index in [0.29, 0.717) is 0 Å². The molecule has 0 aromatic carbocycles. The second-order valence-corrected chi connectivity index (χ2v) is 3.11. The Morgan fingerprint density at radius 1 is 1.11 bits per heavy atom. The van der Waals surface area contributed by atoms with Crippen molar-refractivity contribution >= 4 is 11.9 Å². The van der Waals surface area contributed by atoms with Gasteiger partial charge in [-0.05, 0) is 6.08 Å². The van der Waals surface area contributed by atoms with Gasteiger partial charge in [-0.25, -0.2) is 18.0 Å². The third kappa shape index (κ3) is 3.64. The highest BCUT2D eigenvalue weighted by Crippen LogP contribution is 2.41. The fourth-order valence-electron chi connectivity index (χ4n) is 0.873. The minimum Gasteiger partial charge on any atom is -0.481 e. The van der Waals surface area contributed by atoms with Gasteiger partial charge < -0.3 is 10.2 Å². The van der Waals surface area contributed by atoms with E-state index in [9.17, 15) is 35.9 Å². The number of carboxylic acid groups (broad SMARTS) is 2. The lowest BCUT2D eigenvalue weighted by Gasteiger charge is -2.24. The van der Waals surface area contributed by atoms with Gasteiger partial charge in [-0.15, -0.1) is 0 Å². The van der Waals surface area contributed by atoms with Crippen molar-refractivity contribution in [2.24, 2.45) is 0 Å². The number of halogens is 6. The highest BCUT2D eigenvalue weighted by atomic mass is 19.4. The molecule has 1 unspecified atom stereocenters. The molecule has 0 spiro atoms. The third-order valence-electron chi connectivity index (χ3n) is 1.75. The van der Waals surface area contributed by atoms with E-state index in [1.165, 1.54) is 0 Å². The fourth-order valence-corrected chi connectivity index (χ4v) is 0.873. The molecule has 0 aromatic rings. The number of hydrogen-bond acceptors (Lipinski definition) is 2. The zero-order valence-corrected chi connectivity index (χ0v) is 8.34. The van der Waals surface area contributed by atoms with Gasteiger partial charge in [-0.3, -0.25) is 4.79 Å². The number of hydrogen-bond donors (Lipinski definition) is 2. The van der Waals surface area contributed by atoms with Crippen LogP contribution in [0.1, 0.15) is 6.42 Å². The molecule has 2 N–H and O–H groups in total. The maximum atomic E-state index is 13.1. The van der Waals surface area contributed by atoms with Crippen LogP contribution in [-0.4, -0.2) is 40.4 Å². The first-order valence-electron chi connectivity index (χ1n) is 4.12. The lowest BCUT2D eigenvalue weighted by Crippen LogP contribution is -2.46. The Bertz CT molecular complexity index is 374. The first-order chi connectivity index (χ1) is 7.91. The van der Waals surface area contributed by atoms with Crippen LogP contribution in [0.2, 0.25) is 0 Å². The summed E-state index contributed by atoms with van der Waals surface area (Å²) < 4.78 is 73.4. The summed E-state index contributed by atoms with van der Waals surface area (Å²) in [6, 6.07) is 0. The summed E-state index contributed by atoms with van der Waals surface area (Å²) >= 11 is 0. The maximum Gasteiger partial charge on any atom is 0.431 e. The van der Waals surface area contributed by atoms with Crippen LogP contribution in [0, 0.1) is 0 Å². The Kier molecular flexibility index (Phi) is 4.76. The van der Waals surface area contributed by atoms with E-state index in [2.05, 4.69) is 0 Å². The molecule has 0 rings (SSSR count). The van der Waals surface area contributed by atoms with Crippen LogP contribution < -0.4 is 0 Å². The number of alkyl halides is 6. The van der Waals surface area contributed by atoms with Gasteiger partial charge >= 0.3 is 18.1 Å². The molecule has 0 aliphatic rings. The molecule has 1 atom stereocenters. The summed E-state index contributed by atoms with van der Waals surface area (Å²) in [5.74, 6) is -4.13. The lowest BCUT2D eigenvalue weighted by atomic mass is 10.0. The SMILES string of the molecule is O=C(O)CC(=CC(F)(C(F)F)C(F)(F)F)C(=O)O. The number of rotatable bonds is 5. The van der Waals surface area contributed by atoms with Crippen molar-refractivity contribution < 1.29 is 46.1 Å². The molecule has 18 heavy (non-hydrogen) atoms. The predicted octanol–water partition coefficient (Wildman–Crippen LogP) is 2.01. The van der Waals surface area contributed by atoms with Crippen molar-refractivity contribution in [3.8, 4) is 0 Å². The van der Waals surface area contributed by atoms with Crippen LogP contribution in [-0.2, 0) is 9.59 Å². The normalized spacial score (nSPS) is 16.5. The molecule has 0 aliphatic heterocycles. The average molecular weight is 280 g/mol. The van der Waals surface area contributed by atoms with E-state index >= 15 is 0 Å². The predicted molar refractivity (Wildman–Crippen MR) is 43.9 cm³/mol. The van der Waals surface area contributed by atoms with E-state index in [1.807, 2.05) is 0 Å². The molecule has 0 bridgehead atoms. The van der Waals surface area contributed by atoms with Crippen LogP contribution >= 0.6 is 0 Å². The largest absolute Gasteiger partial charge is 0.481 e. The Labute approximate surface area is 95.5 Å². The van der Waals surface area contributed by atoms with Crippen molar-refractivity contribution in [3.05, 3.63) is 11.6 Å². The Hall–Kier alpha value is -1.74. The van der Waals surface area contributed by atoms with E-state index < -0.39 is 48.3 Å². The molecular formula is C8H6F6O4. The highest BCUT2D eigenvalue weighted by Gasteiger charge is 2.61. The van der Waals surface area contributed by atoms with Crippen molar-refractivity contribution in [2.75, 3.05) is 0 Å². The first-order valence-corrected chi connectivity index (χ1v) is 4.12. The van der Waals surface area contributed by atoms with Gasteiger partial charge in [0.05, 0.1) is 6.42 Å². The van der Waals surface area contributed by atoms with Gasteiger partial charge in [0.1, 0.15) is 0 Å². The maximum absolute atomic E-state index is 13.1. The quantitative estimate of drug-likeness (QED) is 0.596. The van der Waals surface area contributed by atoms with Gasteiger partial charge in [0.15, 0.2) is 0 Å². The Morgan fingerprint density at radius 3 is 1.78 bits per heavy atom. The summed E-state index contributed by atoms with van der Waals surface area (Å²) in [5, 5.41) is 16.5. The van der Waals surface area contributed by atoms with Gasteiger partial charge in [-0.2, -0.15) is 13.2 Å². The Morgan fingerprint density at radius 2 is 1.56 bits per heavy atom. The molecule has 0 fully saturated rings. The second-order valence-electron chi connectivity index (χ2n) is 3.11. The topological polar surface area (TPSA) is 74.6 Å². The molecule has 0 aromatic heterocycles. The Balaban J connectivity index is 5.64. The number of carbonyl (C=O) groups is 2. The van der Waals surface area contributed by atoms with E-state index in [4.69, 9.17) is 10.2 Å². The summed E-state index contributed by atoms with van der Waals surface area (Å²) in [6.07, 6.45) is -13.1. The number of aliphatic carboxylic acids is 2. The van der Waals surface area contributed by atoms with Crippen molar-refractivity contribution in [3.63, 3.8) is 0 Å². The zero-order chi connectivity index (χ0) is 14.7. The highest BCUT2D eigenvalue weighted by molar-refractivity contribution is 5.92. The van der Waals surface area contributed by atoms with Gasteiger partial charge in [0.2, 0.25) is 0 Å². The molecular weight excluding hydrogens is 274 g/mol. The second kappa shape index (κ2) is 5.27. The van der Waals surface area contributed by atoms with E-state index in [0.717, 1.165) is 0 Å². The molecule has 4 nitrogen and oxygen atoms in total. The lowest BCUT2D eigenvalue weighted by molar-refractivity contribution is -0.247. The molecule has 0 amide bonds. The molecule has 0 aliphatic carbocycles. The van der Waals surface area contributed by atoms with Crippen molar-refractivity contribution in [1.82, 2.24) is 0 Å². The summed E-state index contributed by atoms with van der Waals surface area (Å²) in [7, 11) is 0. The molecule has 0 radical (unpaired) electrons. The standard InChI is InChI=1S/C8H6F6O4/c9-6(10)7(11,8(12,13)14)2-3(5(17)18)1-4(15)16/h2,6H,1H2,(H,15,16)(H,17,18). The van der Waals surface area contributed by atoms with Gasteiger partial charge in [-0.1, -0.05) is 0 Å². The van der Waals surface area contributed by atoms with Crippen molar-refractivity contribution in [2.45, 2.75) is 24.7 Å².